The Morgan fingerprint density at radius 2 is 1.74 bits per heavy atom. The van der Waals surface area contributed by atoms with Crippen LogP contribution in [0.4, 0.5) is 10.1 Å². The van der Waals surface area contributed by atoms with Crippen LogP contribution in [-0.4, -0.2) is 54.3 Å². The van der Waals surface area contributed by atoms with Gasteiger partial charge in [-0.3, -0.25) is 14.5 Å². The van der Waals surface area contributed by atoms with Gasteiger partial charge in [0.1, 0.15) is 5.82 Å². The van der Waals surface area contributed by atoms with Crippen LogP contribution in [0.25, 0.3) is 0 Å². The number of halogens is 1. The molecule has 1 aliphatic rings. The molecular weight excluding hydrogens is 345 g/mol. The molecule has 0 bridgehead atoms. The lowest BCUT2D eigenvalue weighted by Crippen LogP contribution is -2.50. The van der Waals surface area contributed by atoms with Gasteiger partial charge in [0.15, 0.2) is 0 Å². The van der Waals surface area contributed by atoms with Crippen LogP contribution >= 0.6 is 0 Å². The summed E-state index contributed by atoms with van der Waals surface area (Å²) in [5.74, 6) is -0.539. The third-order valence-corrected chi connectivity index (χ3v) is 4.89. The van der Waals surface area contributed by atoms with Gasteiger partial charge in [0.25, 0.3) is 5.91 Å². The van der Waals surface area contributed by atoms with Crippen LogP contribution in [0, 0.1) is 19.7 Å². The van der Waals surface area contributed by atoms with E-state index in [4.69, 9.17) is 0 Å². The largest absolute Gasteiger partial charge is 0.336 e. The van der Waals surface area contributed by atoms with Gasteiger partial charge in [-0.05, 0) is 55.3 Å². The highest BCUT2D eigenvalue weighted by Gasteiger charge is 2.23. The zero-order chi connectivity index (χ0) is 19.4. The first-order valence-corrected chi connectivity index (χ1v) is 9.06. The predicted octanol–water partition coefficient (Wildman–Crippen LogP) is 2.84. The number of hydrogen-bond acceptors (Lipinski definition) is 3. The molecule has 3 rings (SSSR count). The van der Waals surface area contributed by atoms with E-state index in [2.05, 4.69) is 5.32 Å². The summed E-state index contributed by atoms with van der Waals surface area (Å²) in [5.41, 5.74) is 3.42. The van der Waals surface area contributed by atoms with Crippen LogP contribution in [0.3, 0.4) is 0 Å². The minimum Gasteiger partial charge on any atom is -0.336 e. The summed E-state index contributed by atoms with van der Waals surface area (Å²) in [5, 5.41) is 2.70. The number of amides is 2. The van der Waals surface area contributed by atoms with Crippen LogP contribution in [0.15, 0.2) is 42.5 Å². The standard InChI is InChI=1S/C21H24FN3O2/c1-15-6-7-17(12-16(15)2)21(27)25-10-8-24(9-11-25)14-20(26)23-19-5-3-4-18(22)13-19/h3-7,12-13H,8-11,14H2,1-2H3,(H,23,26). The summed E-state index contributed by atoms with van der Waals surface area (Å²) in [4.78, 5) is 28.6. The van der Waals surface area contributed by atoms with Crippen molar-refractivity contribution in [1.82, 2.24) is 9.80 Å². The number of hydrogen-bond donors (Lipinski definition) is 1. The number of piperazine rings is 1. The summed E-state index contributed by atoms with van der Waals surface area (Å²) in [6.45, 7) is 6.68. The van der Waals surface area contributed by atoms with E-state index >= 15 is 0 Å². The average molecular weight is 369 g/mol. The van der Waals surface area contributed by atoms with E-state index in [0.29, 0.717) is 37.4 Å². The van der Waals surface area contributed by atoms with E-state index in [1.54, 1.807) is 12.1 Å². The van der Waals surface area contributed by atoms with E-state index < -0.39 is 0 Å². The molecular formula is C21H24FN3O2. The Labute approximate surface area is 158 Å². The van der Waals surface area contributed by atoms with Crippen molar-refractivity contribution in [3.8, 4) is 0 Å². The van der Waals surface area contributed by atoms with Crippen molar-refractivity contribution in [2.24, 2.45) is 0 Å². The minimum absolute atomic E-state index is 0.0296. The van der Waals surface area contributed by atoms with Crippen molar-refractivity contribution in [2.45, 2.75) is 13.8 Å². The quantitative estimate of drug-likeness (QED) is 0.902. The SMILES string of the molecule is Cc1ccc(C(=O)N2CCN(CC(=O)Nc3cccc(F)c3)CC2)cc1C. The Hall–Kier alpha value is -2.73. The number of anilines is 1. The molecule has 0 atom stereocenters. The third-order valence-electron chi connectivity index (χ3n) is 4.89. The molecule has 0 aliphatic carbocycles. The topological polar surface area (TPSA) is 52.7 Å². The number of benzene rings is 2. The van der Waals surface area contributed by atoms with Crippen molar-refractivity contribution >= 4 is 17.5 Å². The van der Waals surface area contributed by atoms with Crippen LogP contribution in [-0.2, 0) is 4.79 Å². The fourth-order valence-corrected chi connectivity index (χ4v) is 3.14. The van der Waals surface area contributed by atoms with E-state index in [1.165, 1.54) is 17.7 Å². The van der Waals surface area contributed by atoms with E-state index in [9.17, 15) is 14.0 Å². The van der Waals surface area contributed by atoms with Crippen LogP contribution < -0.4 is 5.32 Å². The molecule has 0 saturated carbocycles. The Kier molecular flexibility index (Phi) is 5.86. The number of nitrogens with one attached hydrogen (secondary N) is 1. The molecule has 142 valence electrons. The molecule has 5 nitrogen and oxygen atoms in total. The molecule has 1 saturated heterocycles. The van der Waals surface area contributed by atoms with Crippen molar-refractivity contribution in [3.63, 3.8) is 0 Å². The minimum atomic E-state index is -0.383. The van der Waals surface area contributed by atoms with Gasteiger partial charge in [0.05, 0.1) is 6.54 Å². The molecule has 2 aromatic carbocycles. The maximum atomic E-state index is 13.2. The normalized spacial score (nSPS) is 14.9. The lowest BCUT2D eigenvalue weighted by Gasteiger charge is -2.34. The number of nitrogens with zero attached hydrogens (tertiary/aromatic N) is 2. The first-order valence-electron chi connectivity index (χ1n) is 9.06. The number of carbonyl (C=O) groups excluding carboxylic acids is 2. The highest BCUT2D eigenvalue weighted by atomic mass is 19.1. The molecule has 2 amide bonds. The van der Waals surface area contributed by atoms with Crippen LogP contribution in [0.1, 0.15) is 21.5 Å². The zero-order valence-corrected chi connectivity index (χ0v) is 15.7. The smallest absolute Gasteiger partial charge is 0.253 e. The van der Waals surface area contributed by atoms with Gasteiger partial charge >= 0.3 is 0 Å². The fraction of sp³-hybridized carbons (Fsp3) is 0.333. The lowest BCUT2D eigenvalue weighted by molar-refractivity contribution is -0.117. The number of rotatable bonds is 4. The van der Waals surface area contributed by atoms with E-state index in [0.717, 1.165) is 5.56 Å². The second-order valence-electron chi connectivity index (χ2n) is 6.93. The maximum absolute atomic E-state index is 13.2. The summed E-state index contributed by atoms with van der Waals surface area (Å²) in [6.07, 6.45) is 0. The first kappa shape index (κ1) is 19.0. The monoisotopic (exact) mass is 369 g/mol. The lowest BCUT2D eigenvalue weighted by atomic mass is 10.1. The van der Waals surface area contributed by atoms with Gasteiger partial charge in [0.2, 0.25) is 5.91 Å². The summed E-state index contributed by atoms with van der Waals surface area (Å²) < 4.78 is 13.2. The molecule has 1 fully saturated rings. The molecule has 2 aromatic rings. The molecule has 0 spiro atoms. The van der Waals surface area contributed by atoms with Crippen molar-refractivity contribution < 1.29 is 14.0 Å². The van der Waals surface area contributed by atoms with Crippen molar-refractivity contribution in [1.29, 1.82) is 0 Å². The van der Waals surface area contributed by atoms with Gasteiger partial charge in [-0.15, -0.1) is 0 Å². The Bertz CT molecular complexity index is 845. The van der Waals surface area contributed by atoms with Gasteiger partial charge in [-0.2, -0.15) is 0 Å². The van der Waals surface area contributed by atoms with Gasteiger partial charge in [0, 0.05) is 37.4 Å². The fourth-order valence-electron chi connectivity index (χ4n) is 3.14. The Balaban J connectivity index is 1.50. The molecule has 1 aliphatic heterocycles. The highest BCUT2D eigenvalue weighted by Crippen LogP contribution is 2.14. The van der Waals surface area contributed by atoms with Crippen LogP contribution in [0.2, 0.25) is 0 Å². The zero-order valence-electron chi connectivity index (χ0n) is 15.7. The second kappa shape index (κ2) is 8.31. The molecule has 6 heteroatoms. The first-order chi connectivity index (χ1) is 12.9. The molecule has 27 heavy (non-hydrogen) atoms. The summed E-state index contributed by atoms with van der Waals surface area (Å²) in [6, 6.07) is 11.6. The molecule has 0 unspecified atom stereocenters. The van der Waals surface area contributed by atoms with E-state index in [-0.39, 0.29) is 24.2 Å². The average Bonchev–Trinajstić information content (AvgIpc) is 2.64. The summed E-state index contributed by atoms with van der Waals surface area (Å²) >= 11 is 0. The highest BCUT2D eigenvalue weighted by molar-refractivity contribution is 5.94. The summed E-state index contributed by atoms with van der Waals surface area (Å²) in [7, 11) is 0. The predicted molar refractivity (Wildman–Crippen MR) is 103 cm³/mol. The maximum Gasteiger partial charge on any atom is 0.253 e. The molecule has 0 aromatic heterocycles. The second-order valence-corrected chi connectivity index (χ2v) is 6.93. The molecule has 0 radical (unpaired) electrons. The molecule has 1 heterocycles. The third kappa shape index (κ3) is 4.92. The Morgan fingerprint density at radius 1 is 1.00 bits per heavy atom. The van der Waals surface area contributed by atoms with Gasteiger partial charge in [-0.1, -0.05) is 12.1 Å². The van der Waals surface area contributed by atoms with Gasteiger partial charge < -0.3 is 10.2 Å². The van der Waals surface area contributed by atoms with Crippen molar-refractivity contribution in [3.05, 3.63) is 65.0 Å². The number of aryl methyl sites for hydroxylation is 2. The number of carbonyl (C=O) groups is 2. The molecule has 1 N–H and O–H groups in total. The van der Waals surface area contributed by atoms with Gasteiger partial charge in [-0.25, -0.2) is 4.39 Å². The van der Waals surface area contributed by atoms with Crippen LogP contribution in [0.5, 0.6) is 0 Å². The van der Waals surface area contributed by atoms with E-state index in [1.807, 2.05) is 41.8 Å². The Morgan fingerprint density at radius 3 is 2.41 bits per heavy atom. The van der Waals surface area contributed by atoms with Crippen molar-refractivity contribution in [2.75, 3.05) is 38.0 Å².